The largest absolute Gasteiger partial charge is 0.340 e. The standard InChI is InChI=1S/C15H18ClN/c1-4-13-9-14(5-2)17(15(13)11(3)16)10-12-7-6-8-12/h4-5,9,12H,1-3,6-8,10H2. The Labute approximate surface area is 108 Å². The molecule has 0 saturated heterocycles. The molecule has 0 bridgehead atoms. The van der Waals surface area contributed by atoms with Crippen molar-refractivity contribution in [2.75, 3.05) is 0 Å². The van der Waals surface area contributed by atoms with Crippen molar-refractivity contribution >= 4 is 28.8 Å². The van der Waals surface area contributed by atoms with Gasteiger partial charge in [-0.3, -0.25) is 0 Å². The van der Waals surface area contributed by atoms with Gasteiger partial charge in [-0.15, -0.1) is 0 Å². The predicted molar refractivity (Wildman–Crippen MR) is 76.8 cm³/mol. The molecule has 2 rings (SSSR count). The van der Waals surface area contributed by atoms with Crippen LogP contribution < -0.4 is 0 Å². The molecule has 0 aromatic carbocycles. The van der Waals surface area contributed by atoms with E-state index in [1.807, 2.05) is 12.2 Å². The van der Waals surface area contributed by atoms with E-state index in [0.29, 0.717) is 5.03 Å². The van der Waals surface area contributed by atoms with E-state index in [2.05, 4.69) is 30.4 Å². The van der Waals surface area contributed by atoms with Crippen LogP contribution in [0.2, 0.25) is 0 Å². The van der Waals surface area contributed by atoms with Crippen LogP contribution in [0.5, 0.6) is 0 Å². The van der Waals surface area contributed by atoms with E-state index in [9.17, 15) is 0 Å². The van der Waals surface area contributed by atoms with Crippen molar-refractivity contribution in [1.29, 1.82) is 0 Å². The van der Waals surface area contributed by atoms with Crippen LogP contribution in [0.1, 0.15) is 36.2 Å². The lowest BCUT2D eigenvalue weighted by Crippen LogP contribution is -2.19. The zero-order valence-electron chi connectivity index (χ0n) is 10.1. The molecule has 90 valence electrons. The van der Waals surface area contributed by atoms with Gasteiger partial charge >= 0.3 is 0 Å². The van der Waals surface area contributed by atoms with Crippen LogP contribution in [0.4, 0.5) is 0 Å². The van der Waals surface area contributed by atoms with Gasteiger partial charge in [0.2, 0.25) is 0 Å². The summed E-state index contributed by atoms with van der Waals surface area (Å²) in [6, 6.07) is 2.07. The topological polar surface area (TPSA) is 4.93 Å². The number of hydrogen-bond acceptors (Lipinski definition) is 0. The Kier molecular flexibility index (Phi) is 3.58. The molecule has 0 amide bonds. The second-order valence-corrected chi connectivity index (χ2v) is 5.05. The van der Waals surface area contributed by atoms with Crippen molar-refractivity contribution in [2.24, 2.45) is 5.92 Å². The first kappa shape index (κ1) is 12.3. The van der Waals surface area contributed by atoms with Gasteiger partial charge in [-0.25, -0.2) is 0 Å². The van der Waals surface area contributed by atoms with E-state index in [1.165, 1.54) is 19.3 Å². The zero-order valence-corrected chi connectivity index (χ0v) is 10.8. The first-order valence-electron chi connectivity index (χ1n) is 6.00. The summed E-state index contributed by atoms with van der Waals surface area (Å²) in [4.78, 5) is 0. The molecule has 1 heterocycles. The summed E-state index contributed by atoms with van der Waals surface area (Å²) < 4.78 is 2.23. The van der Waals surface area contributed by atoms with Gasteiger partial charge in [-0.05, 0) is 30.9 Å². The first-order chi connectivity index (χ1) is 8.17. The van der Waals surface area contributed by atoms with Crippen LogP contribution >= 0.6 is 11.6 Å². The van der Waals surface area contributed by atoms with Crippen LogP contribution in [0.3, 0.4) is 0 Å². The molecule has 1 aromatic rings. The molecule has 1 nitrogen and oxygen atoms in total. The molecule has 1 saturated carbocycles. The van der Waals surface area contributed by atoms with Crippen molar-refractivity contribution in [2.45, 2.75) is 25.8 Å². The Balaban J connectivity index is 2.43. The SMILES string of the molecule is C=Cc1cc(C=C)n(CC2CCC2)c1C(=C)Cl. The highest BCUT2D eigenvalue weighted by Crippen LogP contribution is 2.33. The van der Waals surface area contributed by atoms with E-state index < -0.39 is 0 Å². The van der Waals surface area contributed by atoms with Crippen LogP contribution in [-0.2, 0) is 6.54 Å². The third-order valence-electron chi connectivity index (χ3n) is 3.51. The van der Waals surface area contributed by atoms with Crippen LogP contribution in [-0.4, -0.2) is 4.57 Å². The Hall–Kier alpha value is -1.21. The Morgan fingerprint density at radius 2 is 2.12 bits per heavy atom. The fraction of sp³-hybridized carbons (Fsp3) is 0.333. The number of hydrogen-bond donors (Lipinski definition) is 0. The van der Waals surface area contributed by atoms with Crippen molar-refractivity contribution in [1.82, 2.24) is 4.57 Å². The number of halogens is 1. The van der Waals surface area contributed by atoms with E-state index in [0.717, 1.165) is 29.4 Å². The van der Waals surface area contributed by atoms with Gasteiger partial charge < -0.3 is 4.57 Å². The zero-order chi connectivity index (χ0) is 12.4. The van der Waals surface area contributed by atoms with Crippen LogP contribution in [0, 0.1) is 5.92 Å². The van der Waals surface area contributed by atoms with Crippen molar-refractivity contribution < 1.29 is 0 Å². The lowest BCUT2D eigenvalue weighted by atomic mass is 9.85. The van der Waals surface area contributed by atoms with Gasteiger partial charge in [0.15, 0.2) is 0 Å². The Morgan fingerprint density at radius 1 is 1.41 bits per heavy atom. The minimum absolute atomic E-state index is 0.576. The molecular weight excluding hydrogens is 230 g/mol. The number of nitrogens with zero attached hydrogens (tertiary/aromatic N) is 1. The summed E-state index contributed by atoms with van der Waals surface area (Å²) >= 11 is 6.11. The van der Waals surface area contributed by atoms with Crippen molar-refractivity contribution in [3.05, 3.63) is 42.8 Å². The van der Waals surface area contributed by atoms with Crippen LogP contribution in [0.15, 0.2) is 25.8 Å². The molecule has 0 aliphatic heterocycles. The van der Waals surface area contributed by atoms with E-state index in [-0.39, 0.29) is 0 Å². The summed E-state index contributed by atoms with van der Waals surface area (Å²) in [5, 5.41) is 0.576. The summed E-state index contributed by atoms with van der Waals surface area (Å²) in [5.74, 6) is 0.772. The van der Waals surface area contributed by atoms with Crippen LogP contribution in [0.25, 0.3) is 17.2 Å². The summed E-state index contributed by atoms with van der Waals surface area (Å²) in [7, 11) is 0. The predicted octanol–water partition coefficient (Wildman–Crippen LogP) is 4.78. The molecular formula is C15H18ClN. The molecule has 2 heteroatoms. The highest BCUT2D eigenvalue weighted by Gasteiger charge is 2.21. The van der Waals surface area contributed by atoms with E-state index >= 15 is 0 Å². The highest BCUT2D eigenvalue weighted by atomic mass is 35.5. The maximum Gasteiger partial charge on any atom is 0.0668 e. The highest BCUT2D eigenvalue weighted by molar-refractivity contribution is 6.48. The second kappa shape index (κ2) is 4.97. The number of aromatic nitrogens is 1. The fourth-order valence-corrected chi connectivity index (χ4v) is 2.56. The molecule has 1 aromatic heterocycles. The van der Waals surface area contributed by atoms with Gasteiger partial charge in [0.05, 0.1) is 10.7 Å². The normalized spacial score (nSPS) is 15.4. The molecule has 1 fully saturated rings. The molecule has 0 atom stereocenters. The maximum atomic E-state index is 6.11. The third kappa shape index (κ3) is 2.25. The van der Waals surface area contributed by atoms with Gasteiger partial charge in [-0.2, -0.15) is 0 Å². The molecule has 0 spiro atoms. The summed E-state index contributed by atoms with van der Waals surface area (Å²) in [6.07, 6.45) is 7.67. The molecule has 0 unspecified atom stereocenters. The Bertz CT molecular complexity index is 464. The monoisotopic (exact) mass is 247 g/mol. The second-order valence-electron chi connectivity index (χ2n) is 4.59. The lowest BCUT2D eigenvalue weighted by molar-refractivity contribution is 0.276. The summed E-state index contributed by atoms with van der Waals surface area (Å²) in [5.41, 5.74) is 3.13. The minimum atomic E-state index is 0.576. The van der Waals surface area contributed by atoms with Crippen molar-refractivity contribution in [3.63, 3.8) is 0 Å². The Morgan fingerprint density at radius 3 is 2.53 bits per heavy atom. The molecule has 1 aliphatic carbocycles. The average molecular weight is 248 g/mol. The van der Waals surface area contributed by atoms with Gasteiger partial charge in [-0.1, -0.05) is 43.8 Å². The third-order valence-corrected chi connectivity index (χ3v) is 3.69. The number of rotatable bonds is 5. The summed E-state index contributed by atoms with van der Waals surface area (Å²) in [6.45, 7) is 12.6. The average Bonchev–Trinajstić information content (AvgIpc) is 2.61. The first-order valence-corrected chi connectivity index (χ1v) is 6.38. The van der Waals surface area contributed by atoms with Gasteiger partial charge in [0, 0.05) is 17.8 Å². The molecule has 17 heavy (non-hydrogen) atoms. The fourth-order valence-electron chi connectivity index (χ4n) is 2.35. The molecule has 0 radical (unpaired) electrons. The van der Waals surface area contributed by atoms with Gasteiger partial charge in [0.25, 0.3) is 0 Å². The lowest BCUT2D eigenvalue weighted by Gasteiger charge is -2.27. The minimum Gasteiger partial charge on any atom is -0.340 e. The van der Waals surface area contributed by atoms with E-state index in [1.54, 1.807) is 0 Å². The van der Waals surface area contributed by atoms with Crippen molar-refractivity contribution in [3.8, 4) is 0 Å². The molecule has 1 aliphatic rings. The smallest absolute Gasteiger partial charge is 0.0668 e. The van der Waals surface area contributed by atoms with Gasteiger partial charge in [0.1, 0.15) is 0 Å². The maximum absolute atomic E-state index is 6.11. The molecule has 0 N–H and O–H groups in total. The van der Waals surface area contributed by atoms with E-state index in [4.69, 9.17) is 11.6 Å². The quantitative estimate of drug-likeness (QED) is 0.706.